The molecule has 1 atom stereocenters. The number of carbonyl (C=O) groups is 1. The molecule has 2 aliphatic rings. The summed E-state index contributed by atoms with van der Waals surface area (Å²) in [4.78, 5) is 17.0. The van der Waals surface area contributed by atoms with Crippen molar-refractivity contribution in [1.29, 1.82) is 0 Å². The summed E-state index contributed by atoms with van der Waals surface area (Å²) >= 11 is 6.10. The van der Waals surface area contributed by atoms with E-state index in [1.54, 1.807) is 0 Å². The highest BCUT2D eigenvalue weighted by atomic mass is 35.5. The Morgan fingerprint density at radius 1 is 1.10 bits per heavy atom. The number of nitrogens with one attached hydrogen (secondary N) is 2. The summed E-state index contributed by atoms with van der Waals surface area (Å²) in [5, 5.41) is 6.78. The zero-order valence-corrected chi connectivity index (χ0v) is 17.9. The summed E-state index contributed by atoms with van der Waals surface area (Å²) < 4.78 is 5.73. The van der Waals surface area contributed by atoms with Gasteiger partial charge in [0.05, 0.1) is 6.04 Å². The Kier molecular flexibility index (Phi) is 6.97. The van der Waals surface area contributed by atoms with Crippen molar-refractivity contribution in [3.05, 3.63) is 59.1 Å². The second kappa shape index (κ2) is 10.0. The van der Waals surface area contributed by atoms with Crippen LogP contribution < -0.4 is 20.3 Å². The van der Waals surface area contributed by atoms with Crippen molar-refractivity contribution in [2.75, 3.05) is 50.8 Å². The van der Waals surface area contributed by atoms with Gasteiger partial charge in [-0.25, -0.2) is 4.79 Å². The molecular formula is C23H29ClN4O2. The molecule has 6 nitrogen and oxygen atoms in total. The number of hydrogen-bond donors (Lipinski definition) is 2. The fourth-order valence-corrected chi connectivity index (χ4v) is 4.25. The first-order valence-electron chi connectivity index (χ1n) is 10.7. The molecule has 30 heavy (non-hydrogen) atoms. The van der Waals surface area contributed by atoms with Gasteiger partial charge in [0.1, 0.15) is 12.4 Å². The van der Waals surface area contributed by atoms with Gasteiger partial charge in [0, 0.05) is 43.4 Å². The predicted molar refractivity (Wildman–Crippen MR) is 121 cm³/mol. The van der Waals surface area contributed by atoms with E-state index in [-0.39, 0.29) is 12.1 Å². The monoisotopic (exact) mass is 428 g/mol. The first-order chi connectivity index (χ1) is 14.7. The number of anilines is 1. The maximum atomic E-state index is 12.2. The van der Waals surface area contributed by atoms with Crippen LogP contribution in [0, 0.1) is 0 Å². The highest BCUT2D eigenvalue weighted by Crippen LogP contribution is 2.24. The molecule has 0 bridgehead atoms. The van der Waals surface area contributed by atoms with Gasteiger partial charge >= 0.3 is 6.03 Å². The van der Waals surface area contributed by atoms with Gasteiger partial charge in [0.25, 0.3) is 0 Å². The minimum atomic E-state index is -0.117. The summed E-state index contributed by atoms with van der Waals surface area (Å²) in [6, 6.07) is 15.9. The van der Waals surface area contributed by atoms with Gasteiger partial charge in [-0.15, -0.1) is 0 Å². The minimum Gasteiger partial charge on any atom is -0.491 e. The van der Waals surface area contributed by atoms with Crippen LogP contribution in [0.1, 0.15) is 12.0 Å². The molecule has 0 spiro atoms. The predicted octanol–water partition coefficient (Wildman–Crippen LogP) is 3.16. The number of para-hydroxylation sites is 1. The number of ether oxygens (including phenoxy) is 1. The normalized spacial score (nSPS) is 19.0. The topological polar surface area (TPSA) is 56.8 Å². The molecule has 1 unspecified atom stereocenters. The number of halogens is 1. The van der Waals surface area contributed by atoms with Crippen molar-refractivity contribution in [1.82, 2.24) is 15.5 Å². The van der Waals surface area contributed by atoms with Gasteiger partial charge in [-0.3, -0.25) is 4.90 Å². The van der Waals surface area contributed by atoms with E-state index in [0.717, 1.165) is 61.9 Å². The van der Waals surface area contributed by atoms with Crippen LogP contribution in [0.15, 0.2) is 48.5 Å². The minimum absolute atomic E-state index is 0.0134. The maximum Gasteiger partial charge on any atom is 0.315 e. The van der Waals surface area contributed by atoms with Crippen molar-refractivity contribution in [2.45, 2.75) is 18.9 Å². The lowest BCUT2D eigenvalue weighted by molar-refractivity contribution is 0.213. The molecule has 4 rings (SSSR count). The molecule has 1 fully saturated rings. The third-order valence-corrected chi connectivity index (χ3v) is 5.93. The van der Waals surface area contributed by atoms with E-state index in [2.05, 4.69) is 26.5 Å². The van der Waals surface area contributed by atoms with Gasteiger partial charge < -0.3 is 20.3 Å². The highest BCUT2D eigenvalue weighted by Gasteiger charge is 2.21. The van der Waals surface area contributed by atoms with E-state index in [1.165, 1.54) is 5.69 Å². The highest BCUT2D eigenvalue weighted by molar-refractivity contribution is 6.30. The van der Waals surface area contributed by atoms with Crippen LogP contribution in [0.3, 0.4) is 0 Å². The third-order valence-electron chi connectivity index (χ3n) is 5.70. The first-order valence-corrected chi connectivity index (χ1v) is 11.0. The van der Waals surface area contributed by atoms with Crippen molar-refractivity contribution in [3.8, 4) is 5.75 Å². The van der Waals surface area contributed by atoms with Crippen LogP contribution in [-0.2, 0) is 6.42 Å². The number of piperazine rings is 1. The molecule has 2 aliphatic heterocycles. The van der Waals surface area contributed by atoms with E-state index in [1.807, 2.05) is 42.5 Å². The van der Waals surface area contributed by atoms with E-state index in [0.29, 0.717) is 13.2 Å². The molecule has 160 valence electrons. The Balaban J connectivity index is 1.10. The van der Waals surface area contributed by atoms with Crippen molar-refractivity contribution in [3.63, 3.8) is 0 Å². The van der Waals surface area contributed by atoms with E-state index in [4.69, 9.17) is 16.3 Å². The standard InChI is InChI=1S/C23H29ClN4O2/c24-19-6-3-7-21(16-19)28-13-11-27(12-14-28)10-4-9-25-23(29)26-20-15-18-5-1-2-8-22(18)30-17-20/h1-3,5-8,16,20H,4,9-15,17H2,(H2,25,26,29). The quantitative estimate of drug-likeness (QED) is 0.694. The van der Waals surface area contributed by atoms with E-state index >= 15 is 0 Å². The SMILES string of the molecule is O=C(NCCCN1CCN(c2cccc(Cl)c2)CC1)NC1COc2ccccc2C1. The van der Waals surface area contributed by atoms with Crippen molar-refractivity contribution < 1.29 is 9.53 Å². The fourth-order valence-electron chi connectivity index (χ4n) is 4.06. The number of hydrogen-bond acceptors (Lipinski definition) is 4. The van der Waals surface area contributed by atoms with Crippen LogP contribution >= 0.6 is 11.6 Å². The largest absolute Gasteiger partial charge is 0.491 e. The first kappa shape index (κ1) is 20.8. The number of carbonyl (C=O) groups excluding carboxylic acids is 1. The van der Waals surface area contributed by atoms with Gasteiger partial charge in [-0.1, -0.05) is 35.9 Å². The molecule has 0 radical (unpaired) electrons. The van der Waals surface area contributed by atoms with Crippen molar-refractivity contribution in [2.24, 2.45) is 0 Å². The lowest BCUT2D eigenvalue weighted by Gasteiger charge is -2.36. The summed E-state index contributed by atoms with van der Waals surface area (Å²) in [5.41, 5.74) is 2.33. The van der Waals surface area contributed by atoms with Gasteiger partial charge in [0.15, 0.2) is 0 Å². The zero-order chi connectivity index (χ0) is 20.8. The maximum absolute atomic E-state index is 12.2. The Morgan fingerprint density at radius 3 is 2.77 bits per heavy atom. The summed E-state index contributed by atoms with van der Waals surface area (Å²) in [5.74, 6) is 0.923. The Labute approximate surface area is 183 Å². The van der Waals surface area contributed by atoms with E-state index in [9.17, 15) is 4.79 Å². The molecule has 2 aromatic rings. The lowest BCUT2D eigenvalue weighted by Crippen LogP contribution is -2.48. The average Bonchev–Trinajstić information content (AvgIpc) is 2.77. The molecule has 0 saturated carbocycles. The fraction of sp³-hybridized carbons (Fsp3) is 0.435. The molecular weight excluding hydrogens is 400 g/mol. The van der Waals surface area contributed by atoms with Crippen LogP contribution in [0.5, 0.6) is 5.75 Å². The summed E-state index contributed by atoms with van der Waals surface area (Å²) in [6.45, 7) is 6.22. The van der Waals surface area contributed by atoms with Crippen LogP contribution in [0.2, 0.25) is 5.02 Å². The Bertz CT molecular complexity index is 855. The number of nitrogens with zero attached hydrogens (tertiary/aromatic N) is 2. The van der Waals surface area contributed by atoms with Gasteiger partial charge in [-0.05, 0) is 49.2 Å². The van der Waals surface area contributed by atoms with E-state index < -0.39 is 0 Å². The van der Waals surface area contributed by atoms with Crippen LogP contribution in [0.4, 0.5) is 10.5 Å². The second-order valence-electron chi connectivity index (χ2n) is 7.88. The molecule has 2 aromatic carbocycles. The lowest BCUT2D eigenvalue weighted by atomic mass is 10.0. The molecule has 0 aromatic heterocycles. The summed E-state index contributed by atoms with van der Waals surface area (Å²) in [6.07, 6.45) is 1.75. The average molecular weight is 429 g/mol. The summed E-state index contributed by atoms with van der Waals surface area (Å²) in [7, 11) is 0. The Hall–Kier alpha value is -2.44. The Morgan fingerprint density at radius 2 is 1.93 bits per heavy atom. The van der Waals surface area contributed by atoms with Crippen molar-refractivity contribution >= 4 is 23.3 Å². The van der Waals surface area contributed by atoms with Gasteiger partial charge in [-0.2, -0.15) is 0 Å². The van der Waals surface area contributed by atoms with Crippen LogP contribution in [-0.4, -0.2) is 62.8 Å². The second-order valence-corrected chi connectivity index (χ2v) is 8.32. The number of rotatable bonds is 6. The molecule has 7 heteroatoms. The third kappa shape index (κ3) is 5.58. The zero-order valence-electron chi connectivity index (χ0n) is 17.1. The smallest absolute Gasteiger partial charge is 0.315 e. The molecule has 2 N–H and O–H groups in total. The molecule has 2 amide bonds. The number of benzene rings is 2. The van der Waals surface area contributed by atoms with Gasteiger partial charge in [0.2, 0.25) is 0 Å². The molecule has 1 saturated heterocycles. The number of urea groups is 1. The molecule has 2 heterocycles. The number of amides is 2. The number of fused-ring (bicyclic) bond motifs is 1. The molecule has 0 aliphatic carbocycles. The van der Waals surface area contributed by atoms with Crippen LogP contribution in [0.25, 0.3) is 0 Å².